The third-order valence-corrected chi connectivity index (χ3v) is 3.49. The molecule has 0 saturated carbocycles. The number of hydrogen-bond acceptors (Lipinski definition) is 2. The van der Waals surface area contributed by atoms with Crippen molar-refractivity contribution in [2.24, 2.45) is 0 Å². The van der Waals surface area contributed by atoms with Gasteiger partial charge in [0.1, 0.15) is 5.76 Å². The van der Waals surface area contributed by atoms with Crippen molar-refractivity contribution in [1.29, 1.82) is 0 Å². The van der Waals surface area contributed by atoms with Gasteiger partial charge in [0.05, 0.1) is 0 Å². The minimum atomic E-state index is -1.03. The molecule has 0 atom stereocenters. The number of rotatable bonds is 14. The fourth-order valence-electron chi connectivity index (χ4n) is 2.19. The van der Waals surface area contributed by atoms with Gasteiger partial charge >= 0.3 is 5.97 Å². The molecular formula is C20H32O3. The summed E-state index contributed by atoms with van der Waals surface area (Å²) < 4.78 is 0. The largest absolute Gasteiger partial charge is 0.508 e. The summed E-state index contributed by atoms with van der Waals surface area (Å²) in [6.07, 6.45) is 24.0. The predicted octanol–water partition coefficient (Wildman–Crippen LogP) is 6.10. The zero-order valence-corrected chi connectivity index (χ0v) is 14.4. The summed E-state index contributed by atoms with van der Waals surface area (Å²) in [5, 5.41) is 17.8. The molecule has 0 unspecified atom stereocenters. The van der Waals surface area contributed by atoms with Crippen LogP contribution in [0, 0.1) is 0 Å². The first kappa shape index (κ1) is 21.2. The third kappa shape index (κ3) is 18.2. The molecule has 0 aliphatic rings. The van der Waals surface area contributed by atoms with Crippen LogP contribution in [0.15, 0.2) is 48.3 Å². The van der Waals surface area contributed by atoms with E-state index in [4.69, 9.17) is 5.11 Å². The number of hydrogen-bond donors (Lipinski definition) is 2. The van der Waals surface area contributed by atoms with Crippen LogP contribution < -0.4 is 0 Å². The normalized spacial score (nSPS) is 12.8. The van der Waals surface area contributed by atoms with Gasteiger partial charge in [0.25, 0.3) is 0 Å². The van der Waals surface area contributed by atoms with E-state index >= 15 is 0 Å². The van der Waals surface area contributed by atoms with Gasteiger partial charge in [0.15, 0.2) is 0 Å². The van der Waals surface area contributed by atoms with Gasteiger partial charge in [-0.05, 0) is 25.0 Å². The Morgan fingerprint density at radius 1 is 0.783 bits per heavy atom. The number of carboxylic acid groups (broad SMARTS) is 1. The number of unbranched alkanes of at least 4 members (excludes halogenated alkanes) is 9. The van der Waals surface area contributed by atoms with E-state index in [1.54, 1.807) is 12.2 Å². The molecule has 0 spiro atoms. The Morgan fingerprint density at radius 3 is 2.00 bits per heavy atom. The first-order chi connectivity index (χ1) is 11.2. The molecule has 3 heteroatoms. The molecule has 0 aromatic carbocycles. The quantitative estimate of drug-likeness (QED) is 0.176. The van der Waals surface area contributed by atoms with Crippen molar-refractivity contribution in [3.05, 3.63) is 48.3 Å². The van der Waals surface area contributed by atoms with Gasteiger partial charge in [-0.1, -0.05) is 82.6 Å². The summed E-state index contributed by atoms with van der Waals surface area (Å²) in [6.45, 7) is 2.25. The Labute approximate surface area is 141 Å². The Hall–Kier alpha value is -1.77. The van der Waals surface area contributed by atoms with E-state index < -0.39 is 5.97 Å². The van der Waals surface area contributed by atoms with E-state index in [2.05, 4.69) is 13.0 Å². The number of aliphatic hydroxyl groups is 1. The predicted molar refractivity (Wildman–Crippen MR) is 97.6 cm³/mol. The van der Waals surface area contributed by atoms with E-state index in [0.29, 0.717) is 0 Å². The maximum Gasteiger partial charge on any atom is 0.328 e. The second kappa shape index (κ2) is 16.6. The lowest BCUT2D eigenvalue weighted by Crippen LogP contribution is -1.84. The van der Waals surface area contributed by atoms with Crippen molar-refractivity contribution in [3.63, 3.8) is 0 Å². The summed E-state index contributed by atoms with van der Waals surface area (Å²) in [4.78, 5) is 10.2. The van der Waals surface area contributed by atoms with Crippen molar-refractivity contribution >= 4 is 5.97 Å². The second-order valence-corrected chi connectivity index (χ2v) is 5.69. The van der Waals surface area contributed by atoms with Crippen LogP contribution in [0.3, 0.4) is 0 Å². The Balaban J connectivity index is 3.53. The average Bonchev–Trinajstić information content (AvgIpc) is 2.51. The monoisotopic (exact) mass is 320 g/mol. The zero-order chi connectivity index (χ0) is 17.2. The van der Waals surface area contributed by atoms with Gasteiger partial charge in [-0.25, -0.2) is 4.79 Å². The third-order valence-electron chi connectivity index (χ3n) is 3.49. The van der Waals surface area contributed by atoms with Crippen molar-refractivity contribution in [1.82, 2.24) is 0 Å². The van der Waals surface area contributed by atoms with Crippen LogP contribution in [-0.4, -0.2) is 16.2 Å². The Kier molecular flexibility index (Phi) is 15.3. The van der Waals surface area contributed by atoms with Crippen molar-refractivity contribution in [2.75, 3.05) is 0 Å². The van der Waals surface area contributed by atoms with Gasteiger partial charge in [-0.2, -0.15) is 0 Å². The fourth-order valence-corrected chi connectivity index (χ4v) is 2.19. The molecule has 0 amide bonds. The first-order valence-electron chi connectivity index (χ1n) is 8.80. The maximum atomic E-state index is 10.2. The molecule has 0 aromatic heterocycles. The highest BCUT2D eigenvalue weighted by atomic mass is 16.4. The first-order valence-corrected chi connectivity index (χ1v) is 8.80. The molecule has 23 heavy (non-hydrogen) atoms. The highest BCUT2D eigenvalue weighted by Crippen LogP contribution is 2.10. The molecule has 130 valence electrons. The summed E-state index contributed by atoms with van der Waals surface area (Å²) in [5.41, 5.74) is 0. The van der Waals surface area contributed by atoms with E-state index in [1.165, 1.54) is 69.9 Å². The van der Waals surface area contributed by atoms with Gasteiger partial charge in [0, 0.05) is 6.08 Å². The Morgan fingerprint density at radius 2 is 1.39 bits per heavy atom. The minimum Gasteiger partial charge on any atom is -0.508 e. The summed E-state index contributed by atoms with van der Waals surface area (Å²) >= 11 is 0. The number of carbonyl (C=O) groups is 1. The van der Waals surface area contributed by atoms with E-state index in [0.717, 1.165) is 12.5 Å². The van der Waals surface area contributed by atoms with Crippen LogP contribution in [0.25, 0.3) is 0 Å². The summed E-state index contributed by atoms with van der Waals surface area (Å²) in [6, 6.07) is 0. The van der Waals surface area contributed by atoms with Crippen LogP contribution in [0.2, 0.25) is 0 Å². The number of aliphatic carboxylic acids is 1. The molecule has 0 saturated heterocycles. The van der Waals surface area contributed by atoms with Crippen molar-refractivity contribution < 1.29 is 15.0 Å². The summed E-state index contributed by atoms with van der Waals surface area (Å²) in [5.74, 6) is -0.992. The molecule has 0 heterocycles. The van der Waals surface area contributed by atoms with E-state index in [-0.39, 0.29) is 5.76 Å². The summed E-state index contributed by atoms with van der Waals surface area (Å²) in [7, 11) is 0. The highest BCUT2D eigenvalue weighted by molar-refractivity contribution is 5.80. The lowest BCUT2D eigenvalue weighted by atomic mass is 10.1. The van der Waals surface area contributed by atoms with Crippen molar-refractivity contribution in [2.45, 2.75) is 71.1 Å². The molecular weight excluding hydrogens is 288 g/mol. The highest BCUT2D eigenvalue weighted by Gasteiger charge is 1.91. The number of carboxylic acids is 1. The van der Waals surface area contributed by atoms with Crippen LogP contribution in [0.1, 0.15) is 71.1 Å². The van der Waals surface area contributed by atoms with Crippen molar-refractivity contribution in [3.8, 4) is 0 Å². The SMILES string of the molecule is CCCCCCCCCCCC=CC=CC(O)=CC=CC(=O)O. The molecule has 0 fully saturated rings. The maximum absolute atomic E-state index is 10.2. The molecule has 3 nitrogen and oxygen atoms in total. The lowest BCUT2D eigenvalue weighted by Gasteiger charge is -2.00. The van der Waals surface area contributed by atoms with Gasteiger partial charge in [-0.3, -0.25) is 0 Å². The zero-order valence-electron chi connectivity index (χ0n) is 14.4. The van der Waals surface area contributed by atoms with Gasteiger partial charge in [-0.15, -0.1) is 0 Å². The van der Waals surface area contributed by atoms with Gasteiger partial charge < -0.3 is 10.2 Å². The standard InChI is InChI=1S/C20H32O3/c1-2-3-4-5-6-7-8-9-10-11-12-13-14-16-19(21)17-15-18-20(22)23/h12-18,21H,2-11H2,1H3,(H,22,23). The van der Waals surface area contributed by atoms with Crippen LogP contribution >= 0.6 is 0 Å². The molecule has 0 radical (unpaired) electrons. The molecule has 2 N–H and O–H groups in total. The fraction of sp³-hybridized carbons (Fsp3) is 0.550. The Bertz CT molecular complexity index is 403. The number of aliphatic hydroxyl groups excluding tert-OH is 1. The lowest BCUT2D eigenvalue weighted by molar-refractivity contribution is -0.131. The van der Waals surface area contributed by atoms with E-state index in [1.807, 2.05) is 6.08 Å². The second-order valence-electron chi connectivity index (χ2n) is 5.69. The minimum absolute atomic E-state index is 0.0372. The molecule has 0 bridgehead atoms. The van der Waals surface area contributed by atoms with Crippen LogP contribution in [0.4, 0.5) is 0 Å². The smallest absolute Gasteiger partial charge is 0.328 e. The topological polar surface area (TPSA) is 57.5 Å². The molecule has 0 aliphatic carbocycles. The van der Waals surface area contributed by atoms with Crippen LogP contribution in [0.5, 0.6) is 0 Å². The van der Waals surface area contributed by atoms with Gasteiger partial charge in [0.2, 0.25) is 0 Å². The molecule has 0 aliphatic heterocycles. The molecule has 0 rings (SSSR count). The average molecular weight is 320 g/mol. The van der Waals surface area contributed by atoms with Crippen LogP contribution in [-0.2, 0) is 4.79 Å². The number of allylic oxidation sites excluding steroid dienone is 6. The van der Waals surface area contributed by atoms with E-state index in [9.17, 15) is 9.90 Å². The molecule has 0 aromatic rings.